The highest BCUT2D eigenvalue weighted by Crippen LogP contribution is 2.21. The zero-order valence-electron chi connectivity index (χ0n) is 11.3. The van der Waals surface area contributed by atoms with Crippen molar-refractivity contribution in [1.29, 1.82) is 0 Å². The Morgan fingerprint density at radius 3 is 2.78 bits per heavy atom. The lowest BCUT2D eigenvalue weighted by Gasteiger charge is -2.32. The van der Waals surface area contributed by atoms with Crippen molar-refractivity contribution in [3.05, 3.63) is 29.8 Å². The minimum absolute atomic E-state index is 0.576. The molecule has 18 heavy (non-hydrogen) atoms. The van der Waals surface area contributed by atoms with E-state index in [9.17, 15) is 0 Å². The van der Waals surface area contributed by atoms with Gasteiger partial charge < -0.3 is 14.8 Å². The fourth-order valence-corrected chi connectivity index (χ4v) is 2.59. The summed E-state index contributed by atoms with van der Waals surface area (Å²) in [6, 6.07) is 8.95. The second-order valence-electron chi connectivity index (χ2n) is 4.84. The van der Waals surface area contributed by atoms with Crippen LogP contribution in [-0.2, 0) is 11.2 Å². The van der Waals surface area contributed by atoms with E-state index in [4.69, 9.17) is 9.47 Å². The van der Waals surface area contributed by atoms with Crippen molar-refractivity contribution in [3.63, 3.8) is 0 Å². The van der Waals surface area contributed by atoms with Crippen LogP contribution in [0.5, 0.6) is 5.75 Å². The van der Waals surface area contributed by atoms with E-state index in [2.05, 4.69) is 24.4 Å². The molecule has 0 bridgehead atoms. The Hall–Kier alpha value is -1.06. The molecule has 3 heteroatoms. The molecule has 1 heterocycles. The smallest absolute Gasteiger partial charge is 0.118 e. The predicted octanol–water partition coefficient (Wildman–Crippen LogP) is 2.25. The highest BCUT2D eigenvalue weighted by molar-refractivity contribution is 5.27. The molecular formula is C15H23NO2. The molecule has 1 fully saturated rings. The molecule has 0 aliphatic carbocycles. The topological polar surface area (TPSA) is 30.5 Å². The van der Waals surface area contributed by atoms with E-state index in [1.165, 1.54) is 5.56 Å². The molecule has 1 saturated heterocycles. The summed E-state index contributed by atoms with van der Waals surface area (Å²) in [6.07, 6.45) is 2.19. The summed E-state index contributed by atoms with van der Waals surface area (Å²) >= 11 is 0. The fraction of sp³-hybridized carbons (Fsp3) is 0.600. The number of methoxy groups -OCH3 is 1. The van der Waals surface area contributed by atoms with E-state index in [0.717, 1.165) is 38.3 Å². The Bertz CT molecular complexity index is 348. The van der Waals surface area contributed by atoms with Gasteiger partial charge in [-0.05, 0) is 37.1 Å². The summed E-state index contributed by atoms with van der Waals surface area (Å²) in [4.78, 5) is 0. The summed E-state index contributed by atoms with van der Waals surface area (Å²) < 4.78 is 10.8. The molecule has 0 spiro atoms. The van der Waals surface area contributed by atoms with Crippen molar-refractivity contribution in [3.8, 4) is 5.75 Å². The average molecular weight is 249 g/mol. The van der Waals surface area contributed by atoms with E-state index in [1.807, 2.05) is 12.1 Å². The van der Waals surface area contributed by atoms with E-state index in [-0.39, 0.29) is 0 Å². The third kappa shape index (κ3) is 3.47. The predicted molar refractivity (Wildman–Crippen MR) is 73.1 cm³/mol. The second-order valence-corrected chi connectivity index (χ2v) is 4.84. The van der Waals surface area contributed by atoms with Gasteiger partial charge in [-0.2, -0.15) is 0 Å². The standard InChI is InChI=1S/C15H23NO2/c1-3-16-15-8-9-18-11-13(15)10-12-4-6-14(17-2)7-5-12/h4-7,13,15-16H,3,8-11H2,1-2H3/t13-,15+/m1/s1. The third-order valence-electron chi connectivity index (χ3n) is 3.60. The van der Waals surface area contributed by atoms with Gasteiger partial charge >= 0.3 is 0 Å². The SMILES string of the molecule is CCN[C@H]1CCOC[C@H]1Cc1ccc(OC)cc1. The quantitative estimate of drug-likeness (QED) is 0.868. The monoisotopic (exact) mass is 249 g/mol. The van der Waals surface area contributed by atoms with Crippen LogP contribution in [0.2, 0.25) is 0 Å². The van der Waals surface area contributed by atoms with Crippen LogP contribution in [0, 0.1) is 5.92 Å². The van der Waals surface area contributed by atoms with Crippen LogP contribution in [0.15, 0.2) is 24.3 Å². The van der Waals surface area contributed by atoms with Crippen molar-refractivity contribution in [2.75, 3.05) is 26.9 Å². The Morgan fingerprint density at radius 2 is 2.11 bits per heavy atom. The van der Waals surface area contributed by atoms with Crippen molar-refractivity contribution >= 4 is 0 Å². The lowest BCUT2D eigenvalue weighted by Crippen LogP contribution is -2.43. The summed E-state index contributed by atoms with van der Waals surface area (Å²) in [5, 5.41) is 3.57. The molecule has 100 valence electrons. The van der Waals surface area contributed by atoms with Gasteiger partial charge in [-0.15, -0.1) is 0 Å². The molecule has 1 aromatic rings. The van der Waals surface area contributed by atoms with E-state index in [1.54, 1.807) is 7.11 Å². The molecule has 3 nitrogen and oxygen atoms in total. The number of benzene rings is 1. The van der Waals surface area contributed by atoms with Crippen LogP contribution in [0.1, 0.15) is 18.9 Å². The molecule has 1 aliphatic rings. The molecule has 0 amide bonds. The Labute approximate surface area is 109 Å². The van der Waals surface area contributed by atoms with Crippen LogP contribution in [0.25, 0.3) is 0 Å². The average Bonchev–Trinajstić information content (AvgIpc) is 2.42. The number of rotatable bonds is 5. The summed E-state index contributed by atoms with van der Waals surface area (Å²) in [6.45, 7) is 4.95. The molecule has 0 radical (unpaired) electrons. The van der Waals surface area contributed by atoms with Crippen LogP contribution in [0.3, 0.4) is 0 Å². The number of hydrogen-bond donors (Lipinski definition) is 1. The minimum atomic E-state index is 0.576. The molecular weight excluding hydrogens is 226 g/mol. The fourth-order valence-electron chi connectivity index (χ4n) is 2.59. The maximum Gasteiger partial charge on any atom is 0.118 e. The van der Waals surface area contributed by atoms with Gasteiger partial charge in [0.25, 0.3) is 0 Å². The van der Waals surface area contributed by atoms with Gasteiger partial charge in [0.1, 0.15) is 5.75 Å². The molecule has 0 saturated carbocycles. The maximum absolute atomic E-state index is 5.61. The molecule has 1 N–H and O–H groups in total. The largest absolute Gasteiger partial charge is 0.497 e. The zero-order valence-corrected chi connectivity index (χ0v) is 11.3. The van der Waals surface area contributed by atoms with Gasteiger partial charge in [0.2, 0.25) is 0 Å². The number of hydrogen-bond acceptors (Lipinski definition) is 3. The van der Waals surface area contributed by atoms with Crippen molar-refractivity contribution < 1.29 is 9.47 Å². The lowest BCUT2D eigenvalue weighted by atomic mass is 9.89. The first-order valence-electron chi connectivity index (χ1n) is 6.77. The second kappa shape index (κ2) is 6.76. The molecule has 2 atom stereocenters. The molecule has 0 aromatic heterocycles. The summed E-state index contributed by atoms with van der Waals surface area (Å²) in [5.41, 5.74) is 1.36. The number of nitrogens with one attached hydrogen (secondary N) is 1. The Balaban J connectivity index is 1.96. The maximum atomic E-state index is 5.61. The third-order valence-corrected chi connectivity index (χ3v) is 3.60. The molecule has 2 rings (SSSR count). The van der Waals surface area contributed by atoms with Crippen LogP contribution in [-0.4, -0.2) is 32.9 Å². The highest BCUT2D eigenvalue weighted by atomic mass is 16.5. The number of ether oxygens (including phenoxy) is 2. The van der Waals surface area contributed by atoms with Gasteiger partial charge in [0.05, 0.1) is 13.7 Å². The molecule has 0 unspecified atom stereocenters. The molecule has 1 aromatic carbocycles. The van der Waals surface area contributed by atoms with E-state index >= 15 is 0 Å². The summed E-state index contributed by atoms with van der Waals surface area (Å²) in [7, 11) is 1.70. The van der Waals surface area contributed by atoms with E-state index in [0.29, 0.717) is 12.0 Å². The van der Waals surface area contributed by atoms with Crippen molar-refractivity contribution in [2.24, 2.45) is 5.92 Å². The Morgan fingerprint density at radius 1 is 1.33 bits per heavy atom. The van der Waals surface area contributed by atoms with Crippen LogP contribution in [0.4, 0.5) is 0 Å². The normalized spacial score (nSPS) is 23.9. The first-order valence-corrected chi connectivity index (χ1v) is 6.77. The van der Waals surface area contributed by atoms with E-state index < -0.39 is 0 Å². The van der Waals surface area contributed by atoms with Gasteiger partial charge in [0.15, 0.2) is 0 Å². The van der Waals surface area contributed by atoms with Crippen LogP contribution >= 0.6 is 0 Å². The lowest BCUT2D eigenvalue weighted by molar-refractivity contribution is 0.0327. The van der Waals surface area contributed by atoms with Crippen LogP contribution < -0.4 is 10.1 Å². The molecule has 1 aliphatic heterocycles. The van der Waals surface area contributed by atoms with Gasteiger partial charge in [0, 0.05) is 18.6 Å². The van der Waals surface area contributed by atoms with Gasteiger partial charge in [-0.1, -0.05) is 19.1 Å². The minimum Gasteiger partial charge on any atom is -0.497 e. The zero-order chi connectivity index (χ0) is 12.8. The summed E-state index contributed by atoms with van der Waals surface area (Å²) in [5.74, 6) is 1.49. The Kier molecular flexibility index (Phi) is 5.02. The van der Waals surface area contributed by atoms with Crippen molar-refractivity contribution in [1.82, 2.24) is 5.32 Å². The highest BCUT2D eigenvalue weighted by Gasteiger charge is 2.24. The first kappa shape index (κ1) is 13.4. The van der Waals surface area contributed by atoms with Gasteiger partial charge in [-0.3, -0.25) is 0 Å². The van der Waals surface area contributed by atoms with Crippen molar-refractivity contribution in [2.45, 2.75) is 25.8 Å². The van der Waals surface area contributed by atoms with Gasteiger partial charge in [-0.25, -0.2) is 0 Å². The first-order chi connectivity index (χ1) is 8.83.